The molecule has 1 N–H and O–H groups in total. The van der Waals surface area contributed by atoms with E-state index in [1.807, 2.05) is 20.8 Å². The van der Waals surface area contributed by atoms with E-state index in [1.54, 1.807) is 30.7 Å². The topological polar surface area (TPSA) is 98.7 Å². The van der Waals surface area contributed by atoms with Crippen LogP contribution >= 0.6 is 0 Å². The van der Waals surface area contributed by atoms with Gasteiger partial charge in [-0.1, -0.05) is 0 Å². The molecule has 0 saturated carbocycles. The highest BCUT2D eigenvalue weighted by atomic mass is 16.4. The van der Waals surface area contributed by atoms with E-state index in [1.165, 1.54) is 0 Å². The van der Waals surface area contributed by atoms with Gasteiger partial charge in [0.1, 0.15) is 11.6 Å². The Kier molecular flexibility index (Phi) is 3.88. The molecule has 3 aromatic rings. The lowest BCUT2D eigenvalue weighted by Gasteiger charge is -2.08. The summed E-state index contributed by atoms with van der Waals surface area (Å²) in [6, 6.07) is 3.57. The van der Waals surface area contributed by atoms with Gasteiger partial charge in [-0.05, 0) is 27.7 Å². The number of amides is 1. The molecule has 3 aromatic heterocycles. The number of nitrogens with one attached hydrogen (secondary N) is 1. The van der Waals surface area contributed by atoms with Crippen molar-refractivity contribution in [3.63, 3.8) is 0 Å². The summed E-state index contributed by atoms with van der Waals surface area (Å²) >= 11 is 0. The molecule has 3 rings (SSSR count). The highest BCUT2D eigenvalue weighted by molar-refractivity contribution is 6.02. The normalized spacial score (nSPS) is 10.9. The molecule has 1 amide bonds. The van der Waals surface area contributed by atoms with Crippen LogP contribution in [0.1, 0.15) is 39.4 Å². The fraction of sp³-hybridized carbons (Fsp3) is 0.312. The summed E-state index contributed by atoms with van der Waals surface area (Å²) in [5.74, 6) is 1.99. The molecule has 0 radical (unpaired) electrons. The number of anilines is 1. The zero-order valence-corrected chi connectivity index (χ0v) is 14.2. The lowest BCUT2D eigenvalue weighted by atomic mass is 10.3. The molecule has 0 aliphatic heterocycles. The second-order valence-electron chi connectivity index (χ2n) is 5.60. The lowest BCUT2D eigenvalue weighted by molar-refractivity contribution is 0.0994. The largest absolute Gasteiger partial charge is 0.436 e. The molecule has 0 aliphatic rings. The standard InChI is InChI=1S/C16H18N6O2/c1-8-6-13(19-11(4)17-8)22-14(7-9(2)21-22)20-16(23)15-10(3)18-12(5)24-15/h6-7H,1-5H3,(H,20,23). The summed E-state index contributed by atoms with van der Waals surface area (Å²) in [5.41, 5.74) is 2.12. The molecule has 8 nitrogen and oxygen atoms in total. The first-order valence-electron chi connectivity index (χ1n) is 7.48. The number of hydrogen-bond donors (Lipinski definition) is 1. The second-order valence-corrected chi connectivity index (χ2v) is 5.60. The van der Waals surface area contributed by atoms with Crippen molar-refractivity contribution in [2.24, 2.45) is 0 Å². The van der Waals surface area contributed by atoms with Crippen molar-refractivity contribution < 1.29 is 9.21 Å². The number of oxazole rings is 1. The monoisotopic (exact) mass is 326 g/mol. The molecule has 0 aliphatic carbocycles. The minimum atomic E-state index is -0.378. The number of aryl methyl sites for hydroxylation is 5. The van der Waals surface area contributed by atoms with Crippen LogP contribution in [0.15, 0.2) is 16.5 Å². The van der Waals surface area contributed by atoms with Crippen molar-refractivity contribution in [2.75, 3.05) is 5.32 Å². The van der Waals surface area contributed by atoms with Crippen LogP contribution in [-0.2, 0) is 0 Å². The van der Waals surface area contributed by atoms with E-state index in [-0.39, 0.29) is 11.7 Å². The fourth-order valence-electron chi connectivity index (χ4n) is 2.48. The van der Waals surface area contributed by atoms with Crippen molar-refractivity contribution in [3.05, 3.63) is 46.7 Å². The molecule has 124 valence electrons. The third-order valence-corrected chi connectivity index (χ3v) is 3.35. The Morgan fingerprint density at radius 3 is 2.42 bits per heavy atom. The van der Waals surface area contributed by atoms with Gasteiger partial charge in [0, 0.05) is 24.8 Å². The van der Waals surface area contributed by atoms with Crippen LogP contribution in [0.4, 0.5) is 5.82 Å². The summed E-state index contributed by atoms with van der Waals surface area (Å²) in [5, 5.41) is 7.21. The van der Waals surface area contributed by atoms with E-state index in [4.69, 9.17) is 4.42 Å². The highest BCUT2D eigenvalue weighted by Crippen LogP contribution is 2.18. The molecule has 8 heteroatoms. The molecule has 0 aromatic carbocycles. The minimum absolute atomic E-state index is 0.188. The minimum Gasteiger partial charge on any atom is -0.436 e. The Balaban J connectivity index is 1.97. The first kappa shape index (κ1) is 15.9. The predicted molar refractivity (Wildman–Crippen MR) is 87.3 cm³/mol. The molecule has 0 fully saturated rings. The van der Waals surface area contributed by atoms with Crippen LogP contribution in [0.5, 0.6) is 0 Å². The number of hydrogen-bond acceptors (Lipinski definition) is 6. The third-order valence-electron chi connectivity index (χ3n) is 3.35. The number of carbonyl (C=O) groups is 1. The van der Waals surface area contributed by atoms with E-state index in [9.17, 15) is 4.79 Å². The van der Waals surface area contributed by atoms with Crippen molar-refractivity contribution in [2.45, 2.75) is 34.6 Å². The van der Waals surface area contributed by atoms with Gasteiger partial charge in [0.2, 0.25) is 5.76 Å². The Hall–Kier alpha value is -3.03. The van der Waals surface area contributed by atoms with Crippen LogP contribution in [0.3, 0.4) is 0 Å². The Morgan fingerprint density at radius 1 is 1.04 bits per heavy atom. The van der Waals surface area contributed by atoms with Gasteiger partial charge in [0.15, 0.2) is 11.7 Å². The number of rotatable bonds is 3. The molecule has 0 atom stereocenters. The van der Waals surface area contributed by atoms with Crippen molar-refractivity contribution in [1.82, 2.24) is 24.7 Å². The van der Waals surface area contributed by atoms with E-state index in [2.05, 4.69) is 25.4 Å². The van der Waals surface area contributed by atoms with Crippen molar-refractivity contribution >= 4 is 11.7 Å². The van der Waals surface area contributed by atoms with Gasteiger partial charge >= 0.3 is 0 Å². The van der Waals surface area contributed by atoms with Crippen LogP contribution < -0.4 is 5.32 Å². The maximum atomic E-state index is 12.5. The average molecular weight is 326 g/mol. The smallest absolute Gasteiger partial charge is 0.294 e. The summed E-state index contributed by atoms with van der Waals surface area (Å²) in [4.78, 5) is 25.2. The summed E-state index contributed by atoms with van der Waals surface area (Å²) in [7, 11) is 0. The van der Waals surface area contributed by atoms with Gasteiger partial charge in [0.05, 0.1) is 11.4 Å². The second kappa shape index (κ2) is 5.88. The van der Waals surface area contributed by atoms with Gasteiger partial charge < -0.3 is 9.73 Å². The number of nitrogens with zero attached hydrogens (tertiary/aromatic N) is 5. The Morgan fingerprint density at radius 2 is 1.79 bits per heavy atom. The maximum absolute atomic E-state index is 12.5. The van der Waals surface area contributed by atoms with Crippen LogP contribution in [0, 0.1) is 34.6 Å². The molecule has 0 bridgehead atoms. The molecule has 0 spiro atoms. The van der Waals surface area contributed by atoms with E-state index in [0.717, 1.165) is 11.4 Å². The van der Waals surface area contributed by atoms with Crippen molar-refractivity contribution in [3.8, 4) is 5.82 Å². The zero-order chi connectivity index (χ0) is 17.4. The first-order chi connectivity index (χ1) is 11.3. The molecule has 0 unspecified atom stereocenters. The number of carbonyl (C=O) groups excluding carboxylic acids is 1. The fourth-order valence-corrected chi connectivity index (χ4v) is 2.48. The van der Waals surface area contributed by atoms with Gasteiger partial charge in [-0.25, -0.2) is 15.0 Å². The first-order valence-corrected chi connectivity index (χ1v) is 7.48. The lowest BCUT2D eigenvalue weighted by Crippen LogP contribution is -2.16. The molecule has 0 saturated heterocycles. The van der Waals surface area contributed by atoms with Gasteiger partial charge in [-0.2, -0.15) is 9.78 Å². The predicted octanol–water partition coefficient (Wildman–Crippen LogP) is 2.44. The molecular weight excluding hydrogens is 308 g/mol. The Bertz CT molecular complexity index is 905. The van der Waals surface area contributed by atoms with Crippen LogP contribution in [0.2, 0.25) is 0 Å². The molecule has 3 heterocycles. The zero-order valence-electron chi connectivity index (χ0n) is 14.2. The number of aromatic nitrogens is 5. The van der Waals surface area contributed by atoms with Gasteiger partial charge in [-0.15, -0.1) is 0 Å². The summed E-state index contributed by atoms with van der Waals surface area (Å²) < 4.78 is 6.94. The summed E-state index contributed by atoms with van der Waals surface area (Å²) in [6.07, 6.45) is 0. The van der Waals surface area contributed by atoms with Crippen LogP contribution in [0.25, 0.3) is 5.82 Å². The van der Waals surface area contributed by atoms with Gasteiger partial charge in [0.25, 0.3) is 5.91 Å². The van der Waals surface area contributed by atoms with Crippen LogP contribution in [-0.4, -0.2) is 30.6 Å². The average Bonchev–Trinajstić information content (AvgIpc) is 3.00. The van der Waals surface area contributed by atoms with E-state index >= 15 is 0 Å². The third kappa shape index (κ3) is 3.03. The molecular formula is C16H18N6O2. The van der Waals surface area contributed by atoms with E-state index < -0.39 is 0 Å². The highest BCUT2D eigenvalue weighted by Gasteiger charge is 2.19. The maximum Gasteiger partial charge on any atom is 0.294 e. The van der Waals surface area contributed by atoms with Crippen molar-refractivity contribution in [1.29, 1.82) is 0 Å². The Labute approximate surface area is 139 Å². The van der Waals surface area contributed by atoms with E-state index in [0.29, 0.717) is 29.0 Å². The molecule has 24 heavy (non-hydrogen) atoms. The quantitative estimate of drug-likeness (QED) is 0.793. The van der Waals surface area contributed by atoms with Gasteiger partial charge in [-0.3, -0.25) is 4.79 Å². The SMILES string of the molecule is Cc1cc(-n2nc(C)cc2NC(=O)c2oc(C)nc2C)nc(C)n1. The summed E-state index contributed by atoms with van der Waals surface area (Å²) in [6.45, 7) is 8.96.